The molecule has 0 amide bonds. The zero-order valence-corrected chi connectivity index (χ0v) is 19.3. The lowest BCUT2D eigenvalue weighted by Gasteiger charge is -2.18. The van der Waals surface area contributed by atoms with Gasteiger partial charge in [0, 0.05) is 23.9 Å². The molecule has 4 heterocycles. The lowest BCUT2D eigenvalue weighted by atomic mass is 9.95. The number of aryl methyl sites for hydroxylation is 2. The Labute approximate surface area is 197 Å². The average Bonchev–Trinajstić information content (AvgIpc) is 3.48. The number of methoxy groups -OCH3 is 1. The van der Waals surface area contributed by atoms with Crippen molar-refractivity contribution in [3.8, 4) is 28.5 Å². The van der Waals surface area contributed by atoms with Crippen LogP contribution in [0.4, 0.5) is 5.69 Å². The Kier molecular flexibility index (Phi) is 5.57. The molecule has 0 saturated heterocycles. The molecule has 2 aliphatic rings. The van der Waals surface area contributed by atoms with Crippen molar-refractivity contribution in [2.75, 3.05) is 25.8 Å². The van der Waals surface area contributed by atoms with Crippen molar-refractivity contribution in [1.82, 2.24) is 0 Å². The SMILES string of the molecule is COc1ccc2cc3[n+](cc2c1NCCc1cccs1)CCc1cc2c(cc1-3)OCO2.[Cl-]. The molecule has 0 aliphatic carbocycles. The van der Waals surface area contributed by atoms with Crippen LogP contribution in [0.5, 0.6) is 17.2 Å². The van der Waals surface area contributed by atoms with Crippen LogP contribution in [0.25, 0.3) is 22.0 Å². The van der Waals surface area contributed by atoms with Gasteiger partial charge in [0.2, 0.25) is 12.5 Å². The van der Waals surface area contributed by atoms with E-state index in [2.05, 4.69) is 63.9 Å². The number of benzene rings is 2. The predicted octanol–water partition coefficient (Wildman–Crippen LogP) is 1.81. The van der Waals surface area contributed by atoms with Gasteiger partial charge in [0.25, 0.3) is 0 Å². The number of ether oxygens (including phenoxy) is 3. The Hall–Kier alpha value is -2.96. The van der Waals surface area contributed by atoms with Gasteiger partial charge in [-0.3, -0.25) is 0 Å². The van der Waals surface area contributed by atoms with E-state index < -0.39 is 0 Å². The van der Waals surface area contributed by atoms with Gasteiger partial charge >= 0.3 is 0 Å². The molecule has 0 fully saturated rings. The van der Waals surface area contributed by atoms with Crippen LogP contribution in [0.15, 0.2) is 54.0 Å². The van der Waals surface area contributed by atoms with Crippen LogP contribution >= 0.6 is 11.3 Å². The largest absolute Gasteiger partial charge is 1.00 e. The van der Waals surface area contributed by atoms with Crippen molar-refractivity contribution in [3.05, 3.63) is 64.5 Å². The first-order valence-electron chi connectivity index (χ1n) is 10.5. The predicted molar refractivity (Wildman–Crippen MR) is 122 cm³/mol. The van der Waals surface area contributed by atoms with Crippen LogP contribution in [0.3, 0.4) is 0 Å². The van der Waals surface area contributed by atoms with Gasteiger partial charge in [0.15, 0.2) is 24.2 Å². The van der Waals surface area contributed by atoms with Gasteiger partial charge in [-0.25, -0.2) is 0 Å². The fourth-order valence-corrected chi connectivity index (χ4v) is 5.25. The highest BCUT2D eigenvalue weighted by Crippen LogP contribution is 2.41. The second-order valence-corrected chi connectivity index (χ2v) is 8.90. The van der Waals surface area contributed by atoms with E-state index in [0.717, 1.165) is 48.9 Å². The molecule has 1 N–H and O–H groups in total. The highest BCUT2D eigenvalue weighted by Gasteiger charge is 2.28. The third-order valence-corrected chi connectivity index (χ3v) is 7.03. The van der Waals surface area contributed by atoms with E-state index in [1.165, 1.54) is 32.5 Å². The van der Waals surface area contributed by atoms with Crippen LogP contribution in [-0.4, -0.2) is 20.4 Å². The second-order valence-electron chi connectivity index (χ2n) is 7.87. The van der Waals surface area contributed by atoms with E-state index in [9.17, 15) is 0 Å². The molecule has 32 heavy (non-hydrogen) atoms. The van der Waals surface area contributed by atoms with E-state index in [-0.39, 0.29) is 12.4 Å². The molecule has 0 radical (unpaired) electrons. The fourth-order valence-electron chi connectivity index (χ4n) is 4.54. The number of hydrogen-bond donors (Lipinski definition) is 1. The van der Waals surface area contributed by atoms with Gasteiger partial charge in [-0.05, 0) is 47.0 Å². The van der Waals surface area contributed by atoms with Crippen molar-refractivity contribution >= 4 is 27.8 Å². The summed E-state index contributed by atoms with van der Waals surface area (Å²) in [6.45, 7) is 2.10. The topological polar surface area (TPSA) is 43.6 Å². The molecule has 7 heteroatoms. The first-order chi connectivity index (χ1) is 15.3. The summed E-state index contributed by atoms with van der Waals surface area (Å²) in [4.78, 5) is 1.38. The molecule has 0 saturated carbocycles. The summed E-state index contributed by atoms with van der Waals surface area (Å²) in [5.41, 5.74) is 4.80. The number of pyridine rings is 1. The van der Waals surface area contributed by atoms with Crippen LogP contribution < -0.4 is 36.5 Å². The van der Waals surface area contributed by atoms with Crippen LogP contribution in [-0.2, 0) is 19.4 Å². The second kappa shape index (κ2) is 8.52. The minimum absolute atomic E-state index is 0. The molecule has 6 rings (SSSR count). The molecule has 2 aromatic carbocycles. The molecular formula is C25H23ClN2O3S. The van der Waals surface area contributed by atoms with Crippen molar-refractivity contribution in [1.29, 1.82) is 0 Å². The van der Waals surface area contributed by atoms with Gasteiger partial charge in [0.05, 0.1) is 23.7 Å². The molecular weight excluding hydrogens is 444 g/mol. The van der Waals surface area contributed by atoms with Crippen LogP contribution in [0.1, 0.15) is 10.4 Å². The summed E-state index contributed by atoms with van der Waals surface area (Å²) < 4.78 is 19.2. The Bertz CT molecular complexity index is 1290. The van der Waals surface area contributed by atoms with E-state index in [1.54, 1.807) is 18.4 Å². The number of aromatic nitrogens is 1. The van der Waals surface area contributed by atoms with Crippen molar-refractivity contribution in [2.45, 2.75) is 19.4 Å². The Morgan fingerprint density at radius 3 is 2.81 bits per heavy atom. The number of rotatable bonds is 5. The number of halogens is 1. The summed E-state index contributed by atoms with van der Waals surface area (Å²) in [5.74, 6) is 2.56. The van der Waals surface area contributed by atoms with Gasteiger partial charge < -0.3 is 31.9 Å². The number of thiophene rings is 1. The Morgan fingerprint density at radius 2 is 2.00 bits per heavy atom. The molecule has 2 aromatic heterocycles. The number of nitrogens with one attached hydrogen (secondary N) is 1. The van der Waals surface area contributed by atoms with Crippen molar-refractivity contribution < 1.29 is 31.2 Å². The quantitative estimate of drug-likeness (QED) is 0.456. The third-order valence-electron chi connectivity index (χ3n) is 6.10. The number of nitrogens with zero attached hydrogens (tertiary/aromatic N) is 1. The molecule has 5 nitrogen and oxygen atoms in total. The Morgan fingerprint density at radius 1 is 1.12 bits per heavy atom. The maximum Gasteiger partial charge on any atom is 0.231 e. The summed E-state index contributed by atoms with van der Waals surface area (Å²) in [6, 6.07) is 15.0. The maximum absolute atomic E-state index is 5.69. The minimum atomic E-state index is 0. The maximum atomic E-state index is 5.69. The summed E-state index contributed by atoms with van der Waals surface area (Å²) in [6.07, 6.45) is 4.23. The van der Waals surface area contributed by atoms with Crippen LogP contribution in [0, 0.1) is 0 Å². The minimum Gasteiger partial charge on any atom is -1.00 e. The van der Waals surface area contributed by atoms with Gasteiger partial charge in [-0.1, -0.05) is 12.1 Å². The summed E-state index contributed by atoms with van der Waals surface area (Å²) in [5, 5.41) is 8.13. The van der Waals surface area contributed by atoms with Crippen molar-refractivity contribution in [3.63, 3.8) is 0 Å². The standard InChI is InChI=1S/C25H22N2O3S.ClH/c1-28-22-5-4-16-11-21-19-13-24-23(29-15-30-24)12-17(19)7-9-27(21)14-20(16)25(22)26-8-6-18-3-2-10-31-18;/h2-5,10-14H,6-9,15H2,1H3;1H. The summed E-state index contributed by atoms with van der Waals surface area (Å²) in [7, 11) is 1.73. The van der Waals surface area contributed by atoms with Gasteiger partial charge in [-0.15, -0.1) is 11.3 Å². The average molecular weight is 467 g/mol. The third kappa shape index (κ3) is 3.53. The molecule has 4 aromatic rings. The van der Waals surface area contributed by atoms with Gasteiger partial charge in [0.1, 0.15) is 5.75 Å². The zero-order valence-electron chi connectivity index (χ0n) is 17.7. The molecule has 0 bridgehead atoms. The van der Waals surface area contributed by atoms with Crippen LogP contribution in [0.2, 0.25) is 0 Å². The molecule has 0 unspecified atom stereocenters. The summed E-state index contributed by atoms with van der Waals surface area (Å²) >= 11 is 1.80. The monoisotopic (exact) mass is 466 g/mol. The normalized spacial score (nSPS) is 13.3. The first-order valence-corrected chi connectivity index (χ1v) is 11.4. The molecule has 0 spiro atoms. The van der Waals surface area contributed by atoms with E-state index in [4.69, 9.17) is 14.2 Å². The zero-order chi connectivity index (χ0) is 20.8. The number of anilines is 1. The molecule has 2 aliphatic heterocycles. The smallest absolute Gasteiger partial charge is 0.231 e. The molecule has 164 valence electrons. The number of hydrogen-bond acceptors (Lipinski definition) is 5. The van der Waals surface area contributed by atoms with Crippen molar-refractivity contribution in [2.24, 2.45) is 0 Å². The fraction of sp³-hybridized carbons (Fsp3) is 0.240. The lowest BCUT2D eigenvalue weighted by molar-refractivity contribution is -0.686. The number of fused-ring (bicyclic) bond motifs is 5. The Balaban J connectivity index is 0.00000216. The van der Waals surface area contributed by atoms with E-state index >= 15 is 0 Å². The highest BCUT2D eigenvalue weighted by atomic mass is 35.5. The molecule has 0 atom stereocenters. The first kappa shape index (κ1) is 20.9. The highest BCUT2D eigenvalue weighted by molar-refractivity contribution is 7.09. The van der Waals surface area contributed by atoms with E-state index in [1.807, 2.05) is 0 Å². The van der Waals surface area contributed by atoms with E-state index in [0.29, 0.717) is 6.79 Å². The lowest BCUT2D eigenvalue weighted by Crippen LogP contribution is -3.00. The van der Waals surface area contributed by atoms with Gasteiger partial charge in [-0.2, -0.15) is 4.57 Å².